The van der Waals surface area contributed by atoms with Gasteiger partial charge in [-0.2, -0.15) is 0 Å². The Morgan fingerprint density at radius 3 is 2.83 bits per heavy atom. The van der Waals surface area contributed by atoms with Crippen molar-refractivity contribution in [3.8, 4) is 0 Å². The Morgan fingerprint density at radius 2 is 2.04 bits per heavy atom. The van der Waals surface area contributed by atoms with Gasteiger partial charge in [-0.3, -0.25) is 4.79 Å². The van der Waals surface area contributed by atoms with Crippen molar-refractivity contribution in [2.24, 2.45) is 11.7 Å². The number of benzene rings is 1. The Bertz CT molecular complexity index is 657. The zero-order valence-electron chi connectivity index (χ0n) is 13.9. The smallest absolute Gasteiger partial charge is 0.239 e. The van der Waals surface area contributed by atoms with Crippen LogP contribution in [0.4, 0.5) is 0 Å². The molecular weight excluding hydrogens is 286 g/mol. The molecule has 1 heterocycles. The van der Waals surface area contributed by atoms with E-state index in [-0.39, 0.29) is 5.91 Å². The molecule has 0 saturated heterocycles. The van der Waals surface area contributed by atoms with E-state index in [2.05, 4.69) is 11.1 Å². The molecule has 124 valence electrons. The van der Waals surface area contributed by atoms with Crippen molar-refractivity contribution in [3.63, 3.8) is 0 Å². The molecule has 2 aromatic rings. The summed E-state index contributed by atoms with van der Waals surface area (Å²) in [7, 11) is 1.89. The molecule has 0 unspecified atom stereocenters. The van der Waals surface area contributed by atoms with E-state index in [4.69, 9.17) is 5.73 Å². The lowest BCUT2D eigenvalue weighted by atomic mass is 9.89. The highest BCUT2D eigenvalue weighted by atomic mass is 16.2. The Labute approximate surface area is 138 Å². The minimum atomic E-state index is -0.470. The van der Waals surface area contributed by atoms with E-state index in [1.54, 1.807) is 0 Å². The number of carbonyl (C=O) groups is 1. The van der Waals surface area contributed by atoms with Crippen LogP contribution < -0.4 is 5.73 Å². The monoisotopic (exact) mass is 313 g/mol. The van der Waals surface area contributed by atoms with Crippen LogP contribution in [0, 0.1) is 5.92 Å². The molecule has 1 aliphatic carbocycles. The van der Waals surface area contributed by atoms with E-state index < -0.39 is 6.04 Å². The van der Waals surface area contributed by atoms with Gasteiger partial charge in [-0.05, 0) is 36.8 Å². The summed E-state index contributed by atoms with van der Waals surface area (Å²) in [6.45, 7) is 0.848. The first-order chi connectivity index (χ1) is 11.1. The molecule has 1 aliphatic rings. The van der Waals surface area contributed by atoms with Crippen LogP contribution in [-0.2, 0) is 11.2 Å². The Kier molecular flexibility index (Phi) is 5.01. The summed E-state index contributed by atoms with van der Waals surface area (Å²) in [6, 6.07) is 7.67. The number of amides is 1. The second kappa shape index (κ2) is 7.18. The first-order valence-electron chi connectivity index (χ1n) is 8.70. The van der Waals surface area contributed by atoms with E-state index in [1.807, 2.05) is 36.3 Å². The predicted molar refractivity (Wildman–Crippen MR) is 94.2 cm³/mol. The molecule has 4 heteroatoms. The number of hydrogen-bond acceptors (Lipinski definition) is 2. The van der Waals surface area contributed by atoms with E-state index in [1.165, 1.54) is 32.1 Å². The lowest BCUT2D eigenvalue weighted by molar-refractivity contribution is -0.131. The normalized spacial score (nSPS) is 17.3. The molecular formula is C19H27N3O. The predicted octanol–water partition coefficient (Wildman–Crippen LogP) is 3.08. The number of fused-ring (bicyclic) bond motifs is 1. The standard InChI is InChI=1S/C19H27N3O/c1-22(13-14-7-3-2-4-8-14)19(23)17(20)11-15-12-21-18-10-6-5-9-16(15)18/h5-6,9-10,12,14,17,21H,2-4,7-8,11,13,20H2,1H3/t17-/m0/s1. The highest BCUT2D eigenvalue weighted by Gasteiger charge is 2.23. The molecule has 1 fully saturated rings. The number of rotatable bonds is 5. The van der Waals surface area contributed by atoms with Crippen molar-refractivity contribution in [2.75, 3.05) is 13.6 Å². The van der Waals surface area contributed by atoms with Gasteiger partial charge in [0.1, 0.15) is 0 Å². The van der Waals surface area contributed by atoms with Crippen LogP contribution in [0.3, 0.4) is 0 Å². The van der Waals surface area contributed by atoms with E-state index >= 15 is 0 Å². The average molecular weight is 313 g/mol. The summed E-state index contributed by atoms with van der Waals surface area (Å²) in [5.74, 6) is 0.707. The Hall–Kier alpha value is -1.81. The third-order valence-electron chi connectivity index (χ3n) is 5.06. The van der Waals surface area contributed by atoms with Crippen LogP contribution in [0.5, 0.6) is 0 Å². The second-order valence-electron chi connectivity index (χ2n) is 6.89. The van der Waals surface area contributed by atoms with Gasteiger partial charge in [0.15, 0.2) is 0 Å². The molecule has 0 radical (unpaired) electrons. The number of nitrogens with two attached hydrogens (primary N) is 1. The number of para-hydroxylation sites is 1. The molecule has 0 aliphatic heterocycles. The van der Waals surface area contributed by atoms with Crippen molar-refractivity contribution in [3.05, 3.63) is 36.0 Å². The van der Waals surface area contributed by atoms with E-state index in [0.717, 1.165) is 23.0 Å². The topological polar surface area (TPSA) is 62.1 Å². The van der Waals surface area contributed by atoms with Gasteiger partial charge in [-0.1, -0.05) is 37.5 Å². The maximum absolute atomic E-state index is 12.6. The van der Waals surface area contributed by atoms with Crippen LogP contribution >= 0.6 is 0 Å². The fourth-order valence-electron chi connectivity index (χ4n) is 3.75. The van der Waals surface area contributed by atoms with Gasteiger partial charge < -0.3 is 15.6 Å². The Morgan fingerprint density at radius 1 is 1.30 bits per heavy atom. The van der Waals surface area contributed by atoms with Gasteiger partial charge in [-0.15, -0.1) is 0 Å². The number of carbonyl (C=O) groups excluding carboxylic acids is 1. The van der Waals surface area contributed by atoms with Gasteiger partial charge in [0, 0.05) is 30.7 Å². The molecule has 1 amide bonds. The zero-order valence-corrected chi connectivity index (χ0v) is 13.9. The first-order valence-corrected chi connectivity index (χ1v) is 8.70. The SMILES string of the molecule is CN(CC1CCCCC1)C(=O)[C@@H](N)Cc1c[nH]c2ccccc12. The van der Waals surface area contributed by atoms with Gasteiger partial charge in [0.25, 0.3) is 0 Å². The first kappa shape index (κ1) is 16.1. The highest BCUT2D eigenvalue weighted by molar-refractivity contribution is 5.86. The summed E-state index contributed by atoms with van der Waals surface area (Å²) in [6.07, 6.45) is 8.98. The minimum Gasteiger partial charge on any atom is -0.361 e. The third-order valence-corrected chi connectivity index (χ3v) is 5.06. The molecule has 1 saturated carbocycles. The summed E-state index contributed by atoms with van der Waals surface area (Å²) < 4.78 is 0. The molecule has 3 N–H and O–H groups in total. The average Bonchev–Trinajstić information content (AvgIpc) is 2.98. The van der Waals surface area contributed by atoms with Gasteiger partial charge in [-0.25, -0.2) is 0 Å². The molecule has 4 nitrogen and oxygen atoms in total. The lowest BCUT2D eigenvalue weighted by Gasteiger charge is -2.28. The summed E-state index contributed by atoms with van der Waals surface area (Å²) in [5, 5.41) is 1.16. The molecule has 23 heavy (non-hydrogen) atoms. The van der Waals surface area contributed by atoms with Crippen molar-refractivity contribution in [2.45, 2.75) is 44.6 Å². The maximum atomic E-state index is 12.6. The van der Waals surface area contributed by atoms with Crippen LogP contribution in [0.15, 0.2) is 30.5 Å². The number of H-pyrrole nitrogens is 1. The fourth-order valence-corrected chi connectivity index (χ4v) is 3.75. The Balaban J connectivity index is 1.60. The quantitative estimate of drug-likeness (QED) is 0.891. The van der Waals surface area contributed by atoms with Gasteiger partial charge in [0.2, 0.25) is 5.91 Å². The van der Waals surface area contributed by atoms with Crippen LogP contribution in [0.1, 0.15) is 37.7 Å². The number of hydrogen-bond donors (Lipinski definition) is 2. The summed E-state index contributed by atoms with van der Waals surface area (Å²) >= 11 is 0. The number of nitrogens with one attached hydrogen (secondary N) is 1. The van der Waals surface area contributed by atoms with E-state index in [9.17, 15) is 4.79 Å². The lowest BCUT2D eigenvalue weighted by Crippen LogP contribution is -2.44. The molecule has 3 rings (SSSR count). The van der Waals surface area contributed by atoms with Crippen LogP contribution in [-0.4, -0.2) is 35.4 Å². The highest BCUT2D eigenvalue weighted by Crippen LogP contribution is 2.24. The maximum Gasteiger partial charge on any atom is 0.239 e. The van der Waals surface area contributed by atoms with E-state index in [0.29, 0.717) is 12.3 Å². The zero-order chi connectivity index (χ0) is 16.2. The molecule has 0 spiro atoms. The number of nitrogens with zero attached hydrogens (tertiary/aromatic N) is 1. The summed E-state index contributed by atoms with van der Waals surface area (Å²) in [4.78, 5) is 17.7. The molecule has 1 atom stereocenters. The molecule has 0 bridgehead atoms. The molecule has 1 aromatic heterocycles. The molecule has 1 aromatic carbocycles. The van der Waals surface area contributed by atoms with Crippen molar-refractivity contribution < 1.29 is 4.79 Å². The van der Waals surface area contributed by atoms with Crippen molar-refractivity contribution in [1.82, 2.24) is 9.88 Å². The number of aromatic amines is 1. The minimum absolute atomic E-state index is 0.0563. The number of aromatic nitrogens is 1. The second-order valence-corrected chi connectivity index (χ2v) is 6.89. The van der Waals surface area contributed by atoms with Gasteiger partial charge >= 0.3 is 0 Å². The van der Waals surface area contributed by atoms with Crippen molar-refractivity contribution >= 4 is 16.8 Å². The van der Waals surface area contributed by atoms with Crippen LogP contribution in [0.2, 0.25) is 0 Å². The number of likely N-dealkylation sites (N-methyl/N-ethyl adjacent to an activating group) is 1. The largest absolute Gasteiger partial charge is 0.361 e. The van der Waals surface area contributed by atoms with Crippen LogP contribution in [0.25, 0.3) is 10.9 Å². The van der Waals surface area contributed by atoms with Gasteiger partial charge in [0.05, 0.1) is 6.04 Å². The summed E-state index contributed by atoms with van der Waals surface area (Å²) in [5.41, 5.74) is 8.41. The van der Waals surface area contributed by atoms with Crippen molar-refractivity contribution in [1.29, 1.82) is 0 Å². The third kappa shape index (κ3) is 3.75. The fraction of sp³-hybridized carbons (Fsp3) is 0.526.